The van der Waals surface area contributed by atoms with E-state index in [9.17, 15) is 4.79 Å². The number of fused-ring (bicyclic) bond motifs is 1. The molecule has 0 atom stereocenters. The van der Waals surface area contributed by atoms with Crippen molar-refractivity contribution >= 4 is 12.0 Å². The molecule has 0 spiro atoms. The van der Waals surface area contributed by atoms with Gasteiger partial charge in [-0.3, -0.25) is 4.79 Å². The number of nitrogens with one attached hydrogen (secondary N) is 1. The standard InChI is InChI=1S/C15H19NO3/c1-15(2,3)16-14(17)7-5-11-4-6-12-13(10-11)19-9-8-18-12/h4-7,10H,8-9H2,1-3H3,(H,16,17)/b7-5+. The minimum atomic E-state index is -0.228. The van der Waals surface area contributed by atoms with Gasteiger partial charge < -0.3 is 14.8 Å². The maximum absolute atomic E-state index is 11.7. The van der Waals surface area contributed by atoms with Crippen LogP contribution in [-0.4, -0.2) is 24.7 Å². The third kappa shape index (κ3) is 4.02. The molecule has 1 heterocycles. The highest BCUT2D eigenvalue weighted by Gasteiger charge is 2.12. The first-order valence-corrected chi connectivity index (χ1v) is 6.34. The zero-order chi connectivity index (χ0) is 13.9. The smallest absolute Gasteiger partial charge is 0.244 e. The minimum absolute atomic E-state index is 0.109. The Morgan fingerprint density at radius 2 is 1.89 bits per heavy atom. The van der Waals surface area contributed by atoms with E-state index in [1.54, 1.807) is 6.08 Å². The molecule has 0 aromatic heterocycles. The Balaban J connectivity index is 2.05. The summed E-state index contributed by atoms with van der Waals surface area (Å²) in [6.45, 7) is 6.98. The average molecular weight is 261 g/mol. The van der Waals surface area contributed by atoms with Crippen LogP contribution in [0.3, 0.4) is 0 Å². The number of carbonyl (C=O) groups excluding carboxylic acids is 1. The van der Waals surface area contributed by atoms with Gasteiger partial charge >= 0.3 is 0 Å². The van der Waals surface area contributed by atoms with E-state index in [2.05, 4.69) is 5.32 Å². The molecular formula is C15H19NO3. The molecule has 1 aliphatic rings. The lowest BCUT2D eigenvalue weighted by Crippen LogP contribution is -2.39. The van der Waals surface area contributed by atoms with Gasteiger partial charge in [0.1, 0.15) is 13.2 Å². The van der Waals surface area contributed by atoms with Gasteiger partial charge in [0, 0.05) is 11.6 Å². The van der Waals surface area contributed by atoms with Crippen molar-refractivity contribution in [3.05, 3.63) is 29.8 Å². The van der Waals surface area contributed by atoms with Crippen molar-refractivity contribution in [2.75, 3.05) is 13.2 Å². The summed E-state index contributed by atoms with van der Waals surface area (Å²) in [4.78, 5) is 11.7. The van der Waals surface area contributed by atoms with Crippen molar-refractivity contribution in [1.29, 1.82) is 0 Å². The molecule has 19 heavy (non-hydrogen) atoms. The summed E-state index contributed by atoms with van der Waals surface area (Å²) in [7, 11) is 0. The van der Waals surface area contributed by atoms with Gasteiger partial charge in [-0.15, -0.1) is 0 Å². The molecule has 2 rings (SSSR count). The zero-order valence-electron chi connectivity index (χ0n) is 11.5. The van der Waals surface area contributed by atoms with Crippen molar-refractivity contribution in [3.63, 3.8) is 0 Å². The number of hydrogen-bond donors (Lipinski definition) is 1. The van der Waals surface area contributed by atoms with Gasteiger partial charge in [-0.1, -0.05) is 6.07 Å². The fourth-order valence-electron chi connectivity index (χ4n) is 1.75. The highest BCUT2D eigenvalue weighted by molar-refractivity contribution is 5.92. The van der Waals surface area contributed by atoms with Crippen LogP contribution in [0.4, 0.5) is 0 Å². The predicted octanol–water partition coefficient (Wildman–Crippen LogP) is 2.39. The topological polar surface area (TPSA) is 47.6 Å². The summed E-state index contributed by atoms with van der Waals surface area (Å²) in [5.41, 5.74) is 0.683. The Morgan fingerprint density at radius 1 is 1.21 bits per heavy atom. The lowest BCUT2D eigenvalue weighted by molar-refractivity contribution is -0.117. The average Bonchev–Trinajstić information content (AvgIpc) is 2.34. The van der Waals surface area contributed by atoms with Crippen molar-refractivity contribution in [2.45, 2.75) is 26.3 Å². The first kappa shape index (κ1) is 13.5. The van der Waals surface area contributed by atoms with Crippen LogP contribution in [0.5, 0.6) is 11.5 Å². The molecule has 0 unspecified atom stereocenters. The number of rotatable bonds is 2. The summed E-state index contributed by atoms with van der Waals surface area (Å²) in [5.74, 6) is 1.37. The lowest BCUT2D eigenvalue weighted by atomic mass is 10.1. The van der Waals surface area contributed by atoms with E-state index in [1.807, 2.05) is 39.0 Å². The molecule has 1 aliphatic heterocycles. The summed E-state index contributed by atoms with van der Waals surface area (Å²) >= 11 is 0. The van der Waals surface area contributed by atoms with E-state index in [0.717, 1.165) is 17.1 Å². The van der Waals surface area contributed by atoms with E-state index in [4.69, 9.17) is 9.47 Å². The second-order valence-corrected chi connectivity index (χ2v) is 5.48. The fraction of sp³-hybridized carbons (Fsp3) is 0.400. The largest absolute Gasteiger partial charge is 0.486 e. The van der Waals surface area contributed by atoms with E-state index in [1.165, 1.54) is 6.08 Å². The minimum Gasteiger partial charge on any atom is -0.486 e. The second-order valence-electron chi connectivity index (χ2n) is 5.48. The van der Waals surface area contributed by atoms with Gasteiger partial charge in [0.25, 0.3) is 0 Å². The van der Waals surface area contributed by atoms with E-state index < -0.39 is 0 Å². The first-order valence-electron chi connectivity index (χ1n) is 6.34. The molecule has 1 aromatic rings. The number of hydrogen-bond acceptors (Lipinski definition) is 3. The Kier molecular flexibility index (Phi) is 3.79. The Bertz CT molecular complexity index is 501. The summed E-state index contributed by atoms with van der Waals surface area (Å²) in [6.07, 6.45) is 3.29. The van der Waals surface area contributed by atoms with Crippen molar-refractivity contribution in [3.8, 4) is 11.5 Å². The molecule has 4 heteroatoms. The molecule has 4 nitrogen and oxygen atoms in total. The van der Waals surface area contributed by atoms with Crippen LogP contribution in [0.1, 0.15) is 26.3 Å². The molecule has 0 saturated heterocycles. The summed E-state index contributed by atoms with van der Waals surface area (Å²) in [6, 6.07) is 5.62. The van der Waals surface area contributed by atoms with Gasteiger partial charge in [0.05, 0.1) is 0 Å². The lowest BCUT2D eigenvalue weighted by Gasteiger charge is -2.19. The second kappa shape index (κ2) is 5.34. The number of carbonyl (C=O) groups is 1. The highest BCUT2D eigenvalue weighted by atomic mass is 16.6. The van der Waals surface area contributed by atoms with Crippen LogP contribution < -0.4 is 14.8 Å². The predicted molar refractivity (Wildman–Crippen MR) is 74.4 cm³/mol. The van der Waals surface area contributed by atoms with Gasteiger partial charge in [0.15, 0.2) is 11.5 Å². The van der Waals surface area contributed by atoms with E-state index in [0.29, 0.717) is 13.2 Å². The van der Waals surface area contributed by atoms with Crippen LogP contribution in [0.25, 0.3) is 6.08 Å². The quantitative estimate of drug-likeness (QED) is 0.831. The molecule has 0 bridgehead atoms. The van der Waals surface area contributed by atoms with Crippen molar-refractivity contribution in [1.82, 2.24) is 5.32 Å². The molecule has 0 aliphatic carbocycles. The SMILES string of the molecule is CC(C)(C)NC(=O)/C=C/c1ccc2c(c1)OCCO2. The van der Waals surface area contributed by atoms with Crippen LogP contribution in [0.2, 0.25) is 0 Å². The maximum Gasteiger partial charge on any atom is 0.244 e. The highest BCUT2D eigenvalue weighted by Crippen LogP contribution is 2.31. The molecule has 1 aromatic carbocycles. The molecule has 1 amide bonds. The van der Waals surface area contributed by atoms with E-state index >= 15 is 0 Å². The molecule has 0 radical (unpaired) electrons. The zero-order valence-corrected chi connectivity index (χ0v) is 11.5. The van der Waals surface area contributed by atoms with Crippen molar-refractivity contribution in [2.24, 2.45) is 0 Å². The Hall–Kier alpha value is -1.97. The van der Waals surface area contributed by atoms with Crippen LogP contribution >= 0.6 is 0 Å². The molecule has 1 N–H and O–H groups in total. The first-order chi connectivity index (χ1) is 8.94. The van der Waals surface area contributed by atoms with Crippen LogP contribution in [-0.2, 0) is 4.79 Å². The molecule has 0 saturated carbocycles. The summed E-state index contributed by atoms with van der Waals surface area (Å²) in [5, 5.41) is 2.87. The normalized spacial score (nSPS) is 14.5. The van der Waals surface area contributed by atoms with Crippen LogP contribution in [0.15, 0.2) is 24.3 Å². The van der Waals surface area contributed by atoms with Crippen molar-refractivity contribution < 1.29 is 14.3 Å². The van der Waals surface area contributed by atoms with Gasteiger partial charge in [-0.2, -0.15) is 0 Å². The summed E-state index contributed by atoms with van der Waals surface area (Å²) < 4.78 is 10.9. The Morgan fingerprint density at radius 3 is 2.58 bits per heavy atom. The maximum atomic E-state index is 11.7. The van der Waals surface area contributed by atoms with E-state index in [-0.39, 0.29) is 11.4 Å². The van der Waals surface area contributed by atoms with Gasteiger partial charge in [-0.05, 0) is 44.5 Å². The number of amides is 1. The third-order valence-corrected chi connectivity index (χ3v) is 2.49. The number of ether oxygens (including phenoxy) is 2. The van der Waals surface area contributed by atoms with Gasteiger partial charge in [-0.25, -0.2) is 0 Å². The molecular weight excluding hydrogens is 242 g/mol. The number of benzene rings is 1. The molecule has 0 fully saturated rings. The molecule has 102 valence electrons. The monoisotopic (exact) mass is 261 g/mol. The van der Waals surface area contributed by atoms with Gasteiger partial charge in [0.2, 0.25) is 5.91 Å². The van der Waals surface area contributed by atoms with Crippen LogP contribution in [0, 0.1) is 0 Å². The fourth-order valence-corrected chi connectivity index (χ4v) is 1.75. The Labute approximate surface area is 113 Å². The third-order valence-electron chi connectivity index (χ3n) is 2.49.